The molecule has 0 aromatic heterocycles. The number of amides is 2. The van der Waals surface area contributed by atoms with Crippen LogP contribution in [0.3, 0.4) is 0 Å². The number of aryl methyl sites for hydroxylation is 1. The monoisotopic (exact) mass is 329 g/mol. The number of nitrogens with one attached hydrogen (secondary N) is 2. The number of hydrogen-bond donors (Lipinski definition) is 2. The molecule has 23 heavy (non-hydrogen) atoms. The van der Waals surface area contributed by atoms with Gasteiger partial charge in [-0.2, -0.15) is 5.10 Å². The van der Waals surface area contributed by atoms with Gasteiger partial charge >= 0.3 is 11.8 Å². The van der Waals surface area contributed by atoms with E-state index in [0.717, 1.165) is 17.5 Å². The fourth-order valence-corrected chi connectivity index (χ4v) is 1.90. The van der Waals surface area contributed by atoms with Crippen LogP contribution in [-0.2, 0) is 16.0 Å². The second-order valence-electron chi connectivity index (χ2n) is 4.76. The Kier molecular flexibility index (Phi) is 5.88. The molecule has 0 saturated carbocycles. The molecule has 0 atom stereocenters. The van der Waals surface area contributed by atoms with Crippen LogP contribution in [0.4, 0.5) is 5.69 Å². The van der Waals surface area contributed by atoms with Gasteiger partial charge in [0.2, 0.25) is 0 Å². The summed E-state index contributed by atoms with van der Waals surface area (Å²) >= 11 is 5.77. The molecular formula is C17H16ClN3O2. The first-order valence-electron chi connectivity index (χ1n) is 7.07. The third-order valence-corrected chi connectivity index (χ3v) is 3.33. The zero-order valence-corrected chi connectivity index (χ0v) is 13.3. The van der Waals surface area contributed by atoms with Crippen LogP contribution < -0.4 is 10.7 Å². The molecule has 2 N–H and O–H groups in total. The minimum Gasteiger partial charge on any atom is -0.318 e. The van der Waals surface area contributed by atoms with Gasteiger partial charge < -0.3 is 5.32 Å². The van der Waals surface area contributed by atoms with Crippen LogP contribution in [0.25, 0.3) is 0 Å². The lowest BCUT2D eigenvalue weighted by Gasteiger charge is -2.04. The highest BCUT2D eigenvalue weighted by Gasteiger charge is 2.12. The van der Waals surface area contributed by atoms with Crippen molar-refractivity contribution in [2.75, 3.05) is 5.32 Å². The Morgan fingerprint density at radius 3 is 2.30 bits per heavy atom. The lowest BCUT2D eigenvalue weighted by Crippen LogP contribution is -2.32. The van der Waals surface area contributed by atoms with Crippen molar-refractivity contribution in [3.05, 3.63) is 64.7 Å². The molecule has 2 aromatic rings. The van der Waals surface area contributed by atoms with Crippen LogP contribution in [0.1, 0.15) is 18.1 Å². The lowest BCUT2D eigenvalue weighted by molar-refractivity contribution is -0.136. The minimum atomic E-state index is -0.838. The van der Waals surface area contributed by atoms with Crippen molar-refractivity contribution in [3.63, 3.8) is 0 Å². The average Bonchev–Trinajstić information content (AvgIpc) is 2.57. The topological polar surface area (TPSA) is 70.6 Å². The molecule has 0 spiro atoms. The normalized spacial score (nSPS) is 10.5. The molecule has 118 valence electrons. The first-order valence-corrected chi connectivity index (χ1v) is 7.45. The van der Waals surface area contributed by atoms with Crippen molar-refractivity contribution in [2.24, 2.45) is 5.10 Å². The minimum absolute atomic E-state index is 0.559. The molecule has 6 heteroatoms. The number of hydrogen-bond acceptors (Lipinski definition) is 3. The van der Waals surface area contributed by atoms with Crippen LogP contribution in [0.15, 0.2) is 53.6 Å². The maximum atomic E-state index is 11.7. The maximum absolute atomic E-state index is 11.7. The fraction of sp³-hybridized carbons (Fsp3) is 0.118. The van der Waals surface area contributed by atoms with E-state index in [1.54, 1.807) is 36.4 Å². The van der Waals surface area contributed by atoms with Gasteiger partial charge in [-0.15, -0.1) is 0 Å². The van der Waals surface area contributed by atoms with Gasteiger partial charge in [0.15, 0.2) is 0 Å². The summed E-state index contributed by atoms with van der Waals surface area (Å²) < 4.78 is 0. The third kappa shape index (κ3) is 5.23. The van der Waals surface area contributed by atoms with E-state index in [1.807, 2.05) is 19.1 Å². The summed E-state index contributed by atoms with van der Waals surface area (Å²) in [5.74, 6) is -1.61. The number of benzene rings is 2. The van der Waals surface area contributed by atoms with E-state index in [2.05, 4.69) is 15.8 Å². The number of carbonyl (C=O) groups excluding carboxylic acids is 2. The molecule has 2 rings (SSSR count). The van der Waals surface area contributed by atoms with Gasteiger partial charge in [0, 0.05) is 10.7 Å². The van der Waals surface area contributed by atoms with Crippen LogP contribution in [0.2, 0.25) is 5.02 Å². The van der Waals surface area contributed by atoms with Crippen molar-refractivity contribution >= 4 is 35.3 Å². The van der Waals surface area contributed by atoms with E-state index in [9.17, 15) is 9.59 Å². The van der Waals surface area contributed by atoms with E-state index in [1.165, 1.54) is 6.21 Å². The van der Waals surface area contributed by atoms with Gasteiger partial charge in [-0.05, 0) is 41.8 Å². The number of halogens is 1. The summed E-state index contributed by atoms with van der Waals surface area (Å²) in [5.41, 5.74) is 4.64. The first-order chi connectivity index (χ1) is 11.1. The number of hydrazone groups is 1. The number of nitrogens with zero attached hydrogens (tertiary/aromatic N) is 1. The van der Waals surface area contributed by atoms with Gasteiger partial charge in [0.25, 0.3) is 0 Å². The molecule has 0 saturated heterocycles. The van der Waals surface area contributed by atoms with Crippen molar-refractivity contribution in [1.82, 2.24) is 5.43 Å². The molecule has 2 aromatic carbocycles. The Hall–Kier alpha value is -2.66. The molecule has 2 amide bonds. The first kappa shape index (κ1) is 16.7. The number of carbonyl (C=O) groups is 2. The highest BCUT2D eigenvalue weighted by atomic mass is 35.5. The Morgan fingerprint density at radius 1 is 1.04 bits per heavy atom. The van der Waals surface area contributed by atoms with E-state index < -0.39 is 11.8 Å². The SMILES string of the molecule is CCc1ccc(NC(=O)C(=O)NN=Cc2ccc(Cl)cc2)cc1. The average molecular weight is 330 g/mol. The van der Waals surface area contributed by atoms with Gasteiger partial charge in [0.05, 0.1) is 6.21 Å². The van der Waals surface area contributed by atoms with E-state index in [-0.39, 0.29) is 0 Å². The molecule has 0 aliphatic carbocycles. The highest BCUT2D eigenvalue weighted by Crippen LogP contribution is 2.10. The third-order valence-electron chi connectivity index (χ3n) is 3.08. The summed E-state index contributed by atoms with van der Waals surface area (Å²) in [7, 11) is 0. The predicted molar refractivity (Wildman–Crippen MR) is 91.6 cm³/mol. The lowest BCUT2D eigenvalue weighted by atomic mass is 10.1. The molecule has 0 aliphatic heterocycles. The van der Waals surface area contributed by atoms with Crippen LogP contribution in [0.5, 0.6) is 0 Å². The van der Waals surface area contributed by atoms with Gasteiger partial charge in [-0.3, -0.25) is 9.59 Å². The zero-order valence-electron chi connectivity index (χ0n) is 12.5. The van der Waals surface area contributed by atoms with Crippen molar-refractivity contribution < 1.29 is 9.59 Å². The molecule has 0 unspecified atom stereocenters. The quantitative estimate of drug-likeness (QED) is 0.514. The molecule has 0 heterocycles. The number of rotatable bonds is 4. The highest BCUT2D eigenvalue weighted by molar-refractivity contribution is 6.39. The second kappa shape index (κ2) is 8.10. The Bertz CT molecular complexity index is 710. The maximum Gasteiger partial charge on any atom is 0.329 e. The number of anilines is 1. The van der Waals surface area contributed by atoms with E-state index in [0.29, 0.717) is 10.7 Å². The van der Waals surface area contributed by atoms with Crippen molar-refractivity contribution in [3.8, 4) is 0 Å². The largest absolute Gasteiger partial charge is 0.329 e. The molecule has 0 radical (unpaired) electrons. The Balaban J connectivity index is 1.86. The van der Waals surface area contributed by atoms with Crippen LogP contribution in [0, 0.1) is 0 Å². The molecular weight excluding hydrogens is 314 g/mol. The smallest absolute Gasteiger partial charge is 0.318 e. The van der Waals surface area contributed by atoms with Crippen molar-refractivity contribution in [2.45, 2.75) is 13.3 Å². The Labute approximate surface area is 139 Å². The van der Waals surface area contributed by atoms with Crippen LogP contribution in [-0.4, -0.2) is 18.0 Å². The standard InChI is InChI=1S/C17H16ClN3O2/c1-2-12-5-9-15(10-6-12)20-16(22)17(23)21-19-11-13-3-7-14(18)8-4-13/h3-11H,2H2,1H3,(H,20,22)(H,21,23). The zero-order chi connectivity index (χ0) is 16.7. The summed E-state index contributed by atoms with van der Waals surface area (Å²) in [4.78, 5) is 23.4. The van der Waals surface area contributed by atoms with Gasteiger partial charge in [0.1, 0.15) is 0 Å². The summed E-state index contributed by atoms with van der Waals surface area (Å²) in [6.45, 7) is 2.04. The molecule has 5 nitrogen and oxygen atoms in total. The van der Waals surface area contributed by atoms with Gasteiger partial charge in [-0.25, -0.2) is 5.43 Å². The summed E-state index contributed by atoms with van der Waals surface area (Å²) in [6, 6.07) is 14.2. The van der Waals surface area contributed by atoms with E-state index >= 15 is 0 Å². The van der Waals surface area contributed by atoms with Gasteiger partial charge in [-0.1, -0.05) is 42.8 Å². The molecule has 0 bridgehead atoms. The summed E-state index contributed by atoms with van der Waals surface area (Å²) in [6.07, 6.45) is 2.34. The molecule has 0 fully saturated rings. The van der Waals surface area contributed by atoms with E-state index in [4.69, 9.17) is 11.6 Å². The van der Waals surface area contributed by atoms with Crippen molar-refractivity contribution in [1.29, 1.82) is 0 Å². The van der Waals surface area contributed by atoms with Crippen LogP contribution >= 0.6 is 11.6 Å². The summed E-state index contributed by atoms with van der Waals surface area (Å²) in [5, 5.41) is 6.85. The fourth-order valence-electron chi connectivity index (χ4n) is 1.78. The predicted octanol–water partition coefficient (Wildman–Crippen LogP) is 2.99. The molecule has 0 aliphatic rings. The Morgan fingerprint density at radius 2 is 1.70 bits per heavy atom. The second-order valence-corrected chi connectivity index (χ2v) is 5.19.